The summed E-state index contributed by atoms with van der Waals surface area (Å²) in [5.41, 5.74) is 14.4. The highest BCUT2D eigenvalue weighted by Crippen LogP contribution is 2.33. The molecule has 19 nitrogen and oxygen atoms in total. The summed E-state index contributed by atoms with van der Waals surface area (Å²) in [6, 6.07) is 9.52. The van der Waals surface area contributed by atoms with E-state index in [9.17, 15) is 24.0 Å². The molecule has 0 aliphatic heterocycles. The van der Waals surface area contributed by atoms with Crippen LogP contribution in [-0.2, 0) is 35.7 Å². The van der Waals surface area contributed by atoms with E-state index in [2.05, 4.69) is 20.5 Å². The minimum atomic E-state index is -0.717. The van der Waals surface area contributed by atoms with Gasteiger partial charge in [-0.05, 0) is 91.3 Å². The molecular weight excluding hydrogens is 831 g/mol. The molecule has 6 rings (SSSR count). The number of ether oxygens (including phenoxy) is 3. The fraction of sp³-hybridized carbons (Fsp3) is 0.372. The minimum Gasteiger partial charge on any atom is -0.494 e. The number of aromatic nitrogens is 7. The van der Waals surface area contributed by atoms with Gasteiger partial charge in [-0.15, -0.1) is 0 Å². The normalized spacial score (nSPS) is 12.1. The SMILES string of the molecule is CCn1nc(C)cc1C(=O)N=c1sc2cc(C(N)=O)cc(OC)c2n1C/C=C/Cn1c(NC(=O)c2cc(C)nn2CC)nc2cc(C(N)=O)cc(OCCCC(=O)OC(C)(C)C)c21. The van der Waals surface area contributed by atoms with Crippen LogP contribution in [0.15, 0.2) is 53.5 Å². The molecule has 2 aromatic carbocycles. The standard InChI is InChI=1S/C43H51N11O8S/c1-9-53-29(18-24(3)49-53)39(58)47-41-46-28-20-26(37(44)56)22-32(61-17-13-14-34(55)62-43(5,6)7)35(28)51(41)15-11-12-16-52-36-31(60-8)21-27(38(45)57)23-33(36)63-42(52)48-40(59)30-19-25(4)50-54(30)10-2/h11-12,18-23H,9-10,13-17H2,1-8H3,(H2,44,56)(H2,45,57)(H,46,47,58)/b12-11+,48-42?. The summed E-state index contributed by atoms with van der Waals surface area (Å²) in [5, 5.41) is 11.7. The van der Waals surface area contributed by atoms with Crippen LogP contribution in [0.25, 0.3) is 21.3 Å². The number of hydrogen-bond donors (Lipinski definition) is 3. The van der Waals surface area contributed by atoms with E-state index in [1.807, 2.05) is 26.0 Å². The van der Waals surface area contributed by atoms with E-state index in [0.717, 1.165) is 0 Å². The van der Waals surface area contributed by atoms with Gasteiger partial charge < -0.3 is 34.8 Å². The Labute approximate surface area is 366 Å². The van der Waals surface area contributed by atoms with Crippen molar-refractivity contribution in [2.24, 2.45) is 16.5 Å². The molecule has 0 saturated heterocycles. The lowest BCUT2D eigenvalue weighted by atomic mass is 10.1. The van der Waals surface area contributed by atoms with Gasteiger partial charge in [0.15, 0.2) is 4.80 Å². The molecule has 332 valence electrons. The Morgan fingerprint density at radius 1 is 0.825 bits per heavy atom. The zero-order chi connectivity index (χ0) is 45.7. The van der Waals surface area contributed by atoms with Gasteiger partial charge in [-0.25, -0.2) is 4.98 Å². The number of nitrogens with two attached hydrogens (primary N) is 2. The largest absolute Gasteiger partial charge is 0.494 e. The predicted octanol–water partition coefficient (Wildman–Crippen LogP) is 5.06. The smallest absolute Gasteiger partial charge is 0.306 e. The second kappa shape index (κ2) is 18.9. The topological polar surface area (TPSA) is 248 Å². The summed E-state index contributed by atoms with van der Waals surface area (Å²) in [4.78, 5) is 74.2. The van der Waals surface area contributed by atoms with Crippen molar-refractivity contribution in [1.82, 2.24) is 33.7 Å². The number of rotatable bonds is 17. The minimum absolute atomic E-state index is 0.0824. The lowest BCUT2D eigenvalue weighted by molar-refractivity contribution is -0.155. The fourth-order valence-electron chi connectivity index (χ4n) is 6.87. The van der Waals surface area contributed by atoms with Gasteiger partial charge in [0, 0.05) is 43.7 Å². The summed E-state index contributed by atoms with van der Waals surface area (Å²) >= 11 is 1.19. The molecule has 0 radical (unpaired) electrons. The molecule has 20 heteroatoms. The number of carbonyl (C=O) groups excluding carboxylic acids is 5. The van der Waals surface area contributed by atoms with E-state index < -0.39 is 29.2 Å². The Morgan fingerprint density at radius 2 is 1.43 bits per heavy atom. The zero-order valence-corrected chi connectivity index (χ0v) is 37.3. The maximum atomic E-state index is 13.8. The third-order valence-corrected chi connectivity index (χ3v) is 10.6. The van der Waals surface area contributed by atoms with Gasteiger partial charge in [0.05, 0.1) is 35.3 Å². The molecule has 0 aliphatic rings. The summed E-state index contributed by atoms with van der Waals surface area (Å²) in [7, 11) is 1.47. The molecule has 0 bridgehead atoms. The lowest BCUT2D eigenvalue weighted by Gasteiger charge is -2.19. The monoisotopic (exact) mass is 881 g/mol. The fourth-order valence-corrected chi connectivity index (χ4v) is 7.96. The van der Waals surface area contributed by atoms with Gasteiger partial charge in [-0.1, -0.05) is 23.5 Å². The number of nitrogens with one attached hydrogen (secondary N) is 1. The molecule has 0 atom stereocenters. The van der Waals surface area contributed by atoms with Crippen molar-refractivity contribution in [2.45, 2.75) is 93.1 Å². The van der Waals surface area contributed by atoms with Crippen molar-refractivity contribution in [1.29, 1.82) is 0 Å². The van der Waals surface area contributed by atoms with Crippen LogP contribution in [0.4, 0.5) is 5.95 Å². The third kappa shape index (κ3) is 10.3. The van der Waals surface area contributed by atoms with E-state index in [4.69, 9.17) is 30.7 Å². The first-order valence-corrected chi connectivity index (χ1v) is 21.1. The van der Waals surface area contributed by atoms with E-state index >= 15 is 0 Å². The summed E-state index contributed by atoms with van der Waals surface area (Å²) in [6.07, 6.45) is 4.06. The number of anilines is 1. The second-order valence-electron chi connectivity index (χ2n) is 15.5. The number of esters is 1. The summed E-state index contributed by atoms with van der Waals surface area (Å²) < 4.78 is 24.7. The molecule has 4 heterocycles. The third-order valence-electron chi connectivity index (χ3n) is 9.56. The Hall–Kier alpha value is -7.09. The van der Waals surface area contributed by atoms with Gasteiger partial charge >= 0.3 is 5.97 Å². The van der Waals surface area contributed by atoms with Gasteiger partial charge in [0.2, 0.25) is 17.8 Å². The number of carbonyl (C=O) groups is 5. The van der Waals surface area contributed by atoms with E-state index in [1.165, 1.54) is 36.6 Å². The Kier molecular flexibility index (Phi) is 13.6. The second-order valence-corrected chi connectivity index (χ2v) is 16.5. The average molecular weight is 882 g/mol. The number of imidazole rings is 1. The molecule has 0 fully saturated rings. The van der Waals surface area contributed by atoms with Crippen LogP contribution in [0.3, 0.4) is 0 Å². The molecule has 63 heavy (non-hydrogen) atoms. The highest BCUT2D eigenvalue weighted by atomic mass is 32.1. The van der Waals surface area contributed by atoms with Crippen molar-refractivity contribution in [3.05, 3.63) is 87.3 Å². The van der Waals surface area contributed by atoms with Crippen molar-refractivity contribution in [3.63, 3.8) is 0 Å². The first-order chi connectivity index (χ1) is 29.9. The van der Waals surface area contributed by atoms with Gasteiger partial charge in [0.1, 0.15) is 39.5 Å². The number of primary amides is 2. The number of allylic oxidation sites excluding steroid dienone is 2. The maximum absolute atomic E-state index is 13.8. The molecule has 6 aromatic rings. The average Bonchev–Trinajstić information content (AvgIpc) is 3.99. The maximum Gasteiger partial charge on any atom is 0.306 e. The number of thiazole rings is 1. The number of amides is 4. The quantitative estimate of drug-likeness (QED) is 0.0621. The number of benzene rings is 2. The van der Waals surface area contributed by atoms with Crippen molar-refractivity contribution >= 4 is 68.1 Å². The van der Waals surface area contributed by atoms with Crippen LogP contribution in [0.2, 0.25) is 0 Å². The molecule has 5 N–H and O–H groups in total. The molecule has 0 aliphatic carbocycles. The Morgan fingerprint density at radius 3 is 2.05 bits per heavy atom. The van der Waals surface area contributed by atoms with E-state index in [-0.39, 0.29) is 54.9 Å². The van der Waals surface area contributed by atoms with Crippen LogP contribution >= 0.6 is 11.3 Å². The van der Waals surface area contributed by atoms with Gasteiger partial charge in [-0.2, -0.15) is 15.2 Å². The van der Waals surface area contributed by atoms with Crippen LogP contribution < -0.4 is 31.1 Å². The highest BCUT2D eigenvalue weighted by molar-refractivity contribution is 7.16. The highest BCUT2D eigenvalue weighted by Gasteiger charge is 2.23. The number of fused-ring (bicyclic) bond motifs is 2. The first kappa shape index (κ1) is 45.4. The van der Waals surface area contributed by atoms with Crippen LogP contribution in [0.5, 0.6) is 11.5 Å². The first-order valence-electron chi connectivity index (χ1n) is 20.2. The Balaban J connectivity index is 1.41. The number of aryl methyl sites for hydroxylation is 4. The van der Waals surface area contributed by atoms with Crippen LogP contribution in [0.1, 0.15) is 101 Å². The van der Waals surface area contributed by atoms with Crippen molar-refractivity contribution < 1.29 is 38.2 Å². The summed E-state index contributed by atoms with van der Waals surface area (Å²) in [5.74, 6) is -1.98. The van der Waals surface area contributed by atoms with E-state index in [0.29, 0.717) is 74.1 Å². The van der Waals surface area contributed by atoms with Gasteiger partial charge in [-0.3, -0.25) is 38.7 Å². The molecule has 4 amide bonds. The zero-order valence-electron chi connectivity index (χ0n) is 36.5. The molecular formula is C43H51N11O8S. The summed E-state index contributed by atoms with van der Waals surface area (Å²) in [6.45, 7) is 14.0. The van der Waals surface area contributed by atoms with E-state index in [1.54, 1.807) is 71.3 Å². The molecule has 4 aromatic heterocycles. The molecule has 0 saturated carbocycles. The number of hydrogen-bond acceptors (Lipinski definition) is 12. The van der Waals surface area contributed by atoms with Crippen LogP contribution in [-0.4, -0.2) is 82.6 Å². The Bertz CT molecular complexity index is 2850. The van der Waals surface area contributed by atoms with Crippen molar-refractivity contribution in [2.75, 3.05) is 19.0 Å². The predicted molar refractivity (Wildman–Crippen MR) is 236 cm³/mol. The van der Waals surface area contributed by atoms with Crippen molar-refractivity contribution in [3.8, 4) is 11.5 Å². The number of nitrogens with zero attached hydrogens (tertiary/aromatic N) is 8. The molecule has 0 unspecified atom stereocenters. The number of methoxy groups -OCH3 is 1. The van der Waals surface area contributed by atoms with Gasteiger partial charge in [0.25, 0.3) is 11.8 Å². The lowest BCUT2D eigenvalue weighted by Crippen LogP contribution is -2.24. The van der Waals surface area contributed by atoms with Crippen LogP contribution in [0, 0.1) is 13.8 Å². The molecule has 0 spiro atoms.